The van der Waals surface area contributed by atoms with Crippen molar-refractivity contribution >= 4 is 270 Å². The molecule has 0 aliphatic heterocycles. The third-order valence-electron chi connectivity index (χ3n) is 12.9. The van der Waals surface area contributed by atoms with Crippen molar-refractivity contribution in [1.29, 1.82) is 0 Å². The van der Waals surface area contributed by atoms with Gasteiger partial charge in [-0.3, -0.25) is 0 Å². The van der Waals surface area contributed by atoms with Gasteiger partial charge >= 0.3 is 0 Å². The largest absolute Gasteiger partial charge is 0.311 e. The van der Waals surface area contributed by atoms with E-state index in [1.54, 1.807) is 41.0 Å². The molecule has 268 valence electrons. The molecule has 2 aromatic heterocycles. The van der Waals surface area contributed by atoms with E-state index in [1.165, 1.54) is 0 Å². The van der Waals surface area contributed by atoms with Gasteiger partial charge in [-0.15, -0.1) is 21.9 Å². The van der Waals surface area contributed by atoms with Crippen molar-refractivity contribution in [3.8, 4) is 44.8 Å². The lowest BCUT2D eigenvalue weighted by Gasteiger charge is -2.25. The number of rotatable bonds is 5. The van der Waals surface area contributed by atoms with E-state index in [-0.39, 0.29) is 82.1 Å². The Morgan fingerprint density at radius 2 is 0.746 bits per heavy atom. The SMILES string of the molecule is [B]c1ccc(-c2cc([B])ccc2-n2c3c([B])c([B])c([B])cc3c3c([B])c(-c4c([B])c([B])c5c(c4[B])c4c([B])c([B])c([B])c([B])c4n5-c4ccc(-c5ccc([B])cc5[B])cc4)c([B])c([B])c32)cc1. The Balaban J connectivity index is 1.31. The summed E-state index contributed by atoms with van der Waals surface area (Å²) in [6, 6.07) is 27.2. The van der Waals surface area contributed by atoms with Crippen molar-refractivity contribution in [3.05, 3.63) is 91.0 Å². The summed E-state index contributed by atoms with van der Waals surface area (Å²) in [7, 11) is 115. The minimum absolute atomic E-state index is 0.0201. The number of hydrogen-bond acceptors (Lipinski definition) is 0. The van der Waals surface area contributed by atoms with E-state index < -0.39 is 0 Å². The number of hydrogen-bond donors (Lipinski definition) is 0. The smallest absolute Gasteiger partial charge is 0.115 e. The molecule has 0 spiro atoms. The van der Waals surface area contributed by atoms with Gasteiger partial charge < -0.3 is 9.13 Å². The molecule has 10 aromatic rings. The molecule has 0 bridgehead atoms. The summed E-state index contributed by atoms with van der Waals surface area (Å²) >= 11 is 0. The van der Waals surface area contributed by atoms with Crippen LogP contribution in [0.3, 0.4) is 0 Å². The molecule has 0 amide bonds. The predicted octanol–water partition coefficient (Wildman–Crippen LogP) is -7.62. The molecule has 8 aromatic carbocycles. The van der Waals surface area contributed by atoms with Crippen LogP contribution in [0, 0.1) is 0 Å². The Morgan fingerprint density at radius 3 is 1.36 bits per heavy atom. The quantitative estimate of drug-likeness (QED) is 0.153. The number of nitrogens with zero attached hydrogens (tertiary/aromatic N) is 2. The summed E-state index contributed by atoms with van der Waals surface area (Å²) in [6.45, 7) is 0. The van der Waals surface area contributed by atoms with Crippen molar-refractivity contribution < 1.29 is 0 Å². The molecule has 0 saturated carbocycles. The summed E-state index contributed by atoms with van der Waals surface area (Å²) in [5, 5.41) is 1.61. The molecule has 2 nitrogen and oxygen atoms in total. The van der Waals surface area contributed by atoms with E-state index in [9.17, 15) is 0 Å². The Morgan fingerprint density at radius 1 is 0.284 bits per heavy atom. The number of aromatic nitrogens is 2. The highest BCUT2D eigenvalue weighted by Crippen LogP contribution is 2.35. The maximum Gasteiger partial charge on any atom is 0.115 e. The van der Waals surface area contributed by atoms with Crippen LogP contribution in [0.25, 0.3) is 88.4 Å². The summed E-state index contributed by atoms with van der Waals surface area (Å²) in [5.74, 6) is 0. The maximum atomic E-state index is 7.38. The van der Waals surface area contributed by atoms with Gasteiger partial charge in [0.1, 0.15) is 133 Å². The van der Waals surface area contributed by atoms with Crippen LogP contribution < -0.4 is 92.9 Å². The molecule has 0 saturated heterocycles. The highest BCUT2D eigenvalue weighted by molar-refractivity contribution is 6.71. The fourth-order valence-corrected chi connectivity index (χ4v) is 9.58. The number of fused-ring (bicyclic) bond motifs is 6. The Hall–Kier alpha value is -5.54. The van der Waals surface area contributed by atoms with Crippen LogP contribution in [-0.4, -0.2) is 143 Å². The van der Waals surface area contributed by atoms with Crippen LogP contribution in [0.4, 0.5) is 0 Å². The van der Waals surface area contributed by atoms with E-state index in [4.69, 9.17) is 133 Å². The zero-order chi connectivity index (χ0) is 47.8. The lowest BCUT2D eigenvalue weighted by Crippen LogP contribution is -2.48. The zero-order valence-corrected chi connectivity index (χ0v) is 35.9. The molecule has 0 aliphatic carbocycles. The minimum Gasteiger partial charge on any atom is -0.311 e. The van der Waals surface area contributed by atoms with Gasteiger partial charge in [-0.1, -0.05) is 144 Å². The van der Waals surface area contributed by atoms with Gasteiger partial charge in [0.15, 0.2) is 0 Å². The van der Waals surface area contributed by atoms with Crippen LogP contribution in [0.1, 0.15) is 0 Å². The van der Waals surface area contributed by atoms with Crippen LogP contribution >= 0.6 is 0 Å². The molecule has 0 N–H and O–H groups in total. The first kappa shape index (κ1) is 45.3. The lowest BCUT2D eigenvalue weighted by molar-refractivity contribution is 1.19. The summed E-state index contributed by atoms with van der Waals surface area (Å²) in [5.41, 5.74) is 9.58. The Labute approximate surface area is 412 Å². The molecule has 67 heavy (non-hydrogen) atoms. The molecule has 19 heteroatoms. The second-order valence-electron chi connectivity index (χ2n) is 16.7. The van der Waals surface area contributed by atoms with Crippen LogP contribution in [0.5, 0.6) is 0 Å². The normalized spacial score (nSPS) is 11.7. The molecule has 0 aliphatic rings. The van der Waals surface area contributed by atoms with Crippen molar-refractivity contribution in [2.45, 2.75) is 0 Å². The third kappa shape index (κ3) is 6.64. The standard InChI is InChI=1S/C48H15B17N2/c49-18-5-1-17(2-6-18)23-13-19(50)8-12-27(23)67-45-24(15-26(53)33(54)41(45)62)28-34(55)29(36(57)42(63)46(28)67)30-35(56)31-32-38(59)39(60)40(61)44(65)48(32)66(47(31)43(64)37(30)58)21-9-3-16(4-10-21)22-11-7-20(51)14-25(22)52/h1-15H. The van der Waals surface area contributed by atoms with Gasteiger partial charge in [-0.25, -0.2) is 0 Å². The molecular formula is C48H15B17N2. The minimum atomic E-state index is 0.0201. The van der Waals surface area contributed by atoms with Crippen molar-refractivity contribution in [3.63, 3.8) is 0 Å². The molecule has 0 fully saturated rings. The maximum absolute atomic E-state index is 7.38. The topological polar surface area (TPSA) is 9.86 Å². The van der Waals surface area contributed by atoms with E-state index in [0.29, 0.717) is 82.4 Å². The molecule has 0 atom stereocenters. The molecule has 2 heterocycles. The molecular weight excluding hydrogens is 788 g/mol. The van der Waals surface area contributed by atoms with E-state index in [0.717, 1.165) is 16.7 Å². The van der Waals surface area contributed by atoms with Crippen molar-refractivity contribution in [1.82, 2.24) is 9.13 Å². The highest BCUT2D eigenvalue weighted by Gasteiger charge is 2.28. The zero-order valence-electron chi connectivity index (χ0n) is 35.9. The van der Waals surface area contributed by atoms with Gasteiger partial charge in [-0.2, -0.15) is 0 Å². The summed E-state index contributed by atoms with van der Waals surface area (Å²) in [4.78, 5) is 0. The predicted molar refractivity (Wildman–Crippen MR) is 303 cm³/mol. The van der Waals surface area contributed by atoms with Gasteiger partial charge in [0, 0.05) is 49.5 Å². The Bertz CT molecular complexity index is 3820. The van der Waals surface area contributed by atoms with Crippen LogP contribution in [-0.2, 0) is 0 Å². The fourth-order valence-electron chi connectivity index (χ4n) is 9.58. The van der Waals surface area contributed by atoms with Crippen LogP contribution in [0.2, 0.25) is 0 Å². The third-order valence-corrected chi connectivity index (χ3v) is 12.9. The highest BCUT2D eigenvalue weighted by atomic mass is 15.0. The molecule has 34 radical (unpaired) electrons. The molecule has 0 unspecified atom stereocenters. The lowest BCUT2D eigenvalue weighted by atomic mass is 9.62. The average molecular weight is 803 g/mol. The van der Waals surface area contributed by atoms with E-state index in [1.807, 2.05) is 59.2 Å². The van der Waals surface area contributed by atoms with Gasteiger partial charge in [0.05, 0.1) is 5.69 Å². The molecule has 10 rings (SSSR count). The summed E-state index contributed by atoms with van der Waals surface area (Å²) in [6.07, 6.45) is 0. The van der Waals surface area contributed by atoms with E-state index in [2.05, 4.69) is 0 Å². The first-order chi connectivity index (χ1) is 31.8. The number of benzene rings is 8. The van der Waals surface area contributed by atoms with E-state index >= 15 is 0 Å². The van der Waals surface area contributed by atoms with Gasteiger partial charge in [-0.05, 0) is 51.4 Å². The monoisotopic (exact) mass is 806 g/mol. The van der Waals surface area contributed by atoms with Crippen molar-refractivity contribution in [2.75, 3.05) is 0 Å². The van der Waals surface area contributed by atoms with Crippen molar-refractivity contribution in [2.24, 2.45) is 0 Å². The van der Waals surface area contributed by atoms with Crippen LogP contribution in [0.15, 0.2) is 91.0 Å². The first-order valence-electron chi connectivity index (χ1n) is 20.7. The Kier molecular flexibility index (Phi) is 11.0. The second kappa shape index (κ2) is 16.3. The average Bonchev–Trinajstić information content (AvgIpc) is 3.84. The summed E-state index contributed by atoms with van der Waals surface area (Å²) < 4.78 is 3.63. The second-order valence-corrected chi connectivity index (χ2v) is 16.7. The van der Waals surface area contributed by atoms with Gasteiger partial charge in [0.2, 0.25) is 0 Å². The fraction of sp³-hybridized carbons (Fsp3) is 0. The first-order valence-corrected chi connectivity index (χ1v) is 20.7. The van der Waals surface area contributed by atoms with Gasteiger partial charge in [0.25, 0.3) is 0 Å².